The van der Waals surface area contributed by atoms with Crippen molar-refractivity contribution in [3.8, 4) is 11.3 Å². The largest absolute Gasteiger partial charge is 0.364 e. The van der Waals surface area contributed by atoms with Crippen molar-refractivity contribution in [1.82, 2.24) is 25.5 Å². The second-order valence-electron chi connectivity index (χ2n) is 9.63. The molecular formula is C31H32N6O2. The molecule has 0 bridgehead atoms. The maximum Gasteiger partial charge on any atom is 0.273 e. The minimum atomic E-state index is -0.338. The van der Waals surface area contributed by atoms with E-state index in [-0.39, 0.29) is 23.6 Å². The van der Waals surface area contributed by atoms with Crippen molar-refractivity contribution in [3.63, 3.8) is 0 Å². The first kappa shape index (κ1) is 26.1. The lowest BCUT2D eigenvalue weighted by Crippen LogP contribution is -2.37. The van der Waals surface area contributed by atoms with E-state index < -0.39 is 0 Å². The molecule has 8 nitrogen and oxygen atoms in total. The first-order chi connectivity index (χ1) is 19.1. The van der Waals surface area contributed by atoms with Gasteiger partial charge in [-0.05, 0) is 29.7 Å². The van der Waals surface area contributed by atoms with Crippen molar-refractivity contribution < 1.29 is 9.59 Å². The summed E-state index contributed by atoms with van der Waals surface area (Å²) >= 11 is 0. The summed E-state index contributed by atoms with van der Waals surface area (Å²) in [6, 6.07) is 27.6. The lowest BCUT2D eigenvalue weighted by Gasteiger charge is -2.17. The molecule has 8 heteroatoms. The Hall–Kier alpha value is -4.56. The minimum Gasteiger partial charge on any atom is -0.364 e. The fourth-order valence-corrected chi connectivity index (χ4v) is 4.74. The highest BCUT2D eigenvalue weighted by atomic mass is 16.2. The van der Waals surface area contributed by atoms with Crippen molar-refractivity contribution in [2.45, 2.75) is 25.6 Å². The van der Waals surface area contributed by atoms with Crippen molar-refractivity contribution >= 4 is 17.6 Å². The molecule has 39 heavy (non-hydrogen) atoms. The number of carbonyl (C=O) groups is 2. The molecule has 0 radical (unpaired) electrons. The third kappa shape index (κ3) is 6.66. The summed E-state index contributed by atoms with van der Waals surface area (Å²) in [5.74, 6) is -0.0590. The summed E-state index contributed by atoms with van der Waals surface area (Å²) in [6.07, 6.45) is 2.53. The van der Waals surface area contributed by atoms with E-state index in [2.05, 4.69) is 55.1 Å². The van der Waals surface area contributed by atoms with Crippen LogP contribution in [0.4, 0.5) is 5.82 Å². The highest BCUT2D eigenvalue weighted by Crippen LogP contribution is 2.22. The second kappa shape index (κ2) is 12.3. The van der Waals surface area contributed by atoms with Gasteiger partial charge in [0.15, 0.2) is 11.5 Å². The number of carbonyl (C=O) groups excluding carboxylic acids is 2. The number of nitrogens with zero attached hydrogens (tertiary/aromatic N) is 3. The molecule has 198 valence electrons. The Morgan fingerprint density at radius 1 is 0.923 bits per heavy atom. The molecule has 4 aromatic rings. The number of hydrogen-bond acceptors (Lipinski definition) is 6. The zero-order chi connectivity index (χ0) is 27.0. The van der Waals surface area contributed by atoms with Gasteiger partial charge in [-0.1, -0.05) is 72.8 Å². The minimum absolute atomic E-state index is 0.0967. The molecule has 1 saturated heterocycles. The van der Waals surface area contributed by atoms with E-state index >= 15 is 0 Å². The Morgan fingerprint density at radius 3 is 2.41 bits per heavy atom. The Morgan fingerprint density at radius 2 is 1.67 bits per heavy atom. The smallest absolute Gasteiger partial charge is 0.273 e. The van der Waals surface area contributed by atoms with E-state index in [0.717, 1.165) is 31.6 Å². The number of hydrogen-bond donors (Lipinski definition) is 3. The molecule has 1 fully saturated rings. The fourth-order valence-electron chi connectivity index (χ4n) is 4.74. The molecule has 0 spiro atoms. The average molecular weight is 521 g/mol. The van der Waals surface area contributed by atoms with Gasteiger partial charge >= 0.3 is 0 Å². The number of anilines is 1. The van der Waals surface area contributed by atoms with Crippen LogP contribution >= 0.6 is 0 Å². The molecule has 0 saturated carbocycles. The molecule has 2 amide bonds. The zero-order valence-corrected chi connectivity index (χ0v) is 21.9. The molecule has 3 aromatic carbocycles. The van der Waals surface area contributed by atoms with Crippen LogP contribution < -0.4 is 16.0 Å². The van der Waals surface area contributed by atoms with E-state index in [1.807, 2.05) is 48.5 Å². The van der Waals surface area contributed by atoms with Crippen molar-refractivity contribution in [1.29, 1.82) is 0 Å². The molecule has 0 aliphatic carbocycles. The van der Waals surface area contributed by atoms with E-state index in [9.17, 15) is 9.59 Å². The van der Waals surface area contributed by atoms with Gasteiger partial charge in [-0.25, -0.2) is 9.97 Å². The van der Waals surface area contributed by atoms with Gasteiger partial charge in [0, 0.05) is 50.4 Å². The van der Waals surface area contributed by atoms with Crippen LogP contribution in [0, 0.1) is 0 Å². The average Bonchev–Trinajstić information content (AvgIpc) is 3.43. The predicted molar refractivity (Wildman–Crippen MR) is 152 cm³/mol. The third-order valence-corrected chi connectivity index (χ3v) is 6.79. The summed E-state index contributed by atoms with van der Waals surface area (Å²) < 4.78 is 0. The summed E-state index contributed by atoms with van der Waals surface area (Å²) in [4.78, 5) is 37.2. The summed E-state index contributed by atoms with van der Waals surface area (Å²) in [7, 11) is 1.56. The summed E-state index contributed by atoms with van der Waals surface area (Å²) in [6.45, 7) is 3.16. The number of amides is 2. The van der Waals surface area contributed by atoms with E-state index in [1.165, 1.54) is 5.56 Å². The summed E-state index contributed by atoms with van der Waals surface area (Å²) in [5, 5.41) is 9.03. The summed E-state index contributed by atoms with van der Waals surface area (Å²) in [5.41, 5.74) is 4.32. The van der Waals surface area contributed by atoms with Gasteiger partial charge in [-0.15, -0.1) is 0 Å². The molecule has 5 rings (SSSR count). The Bertz CT molecular complexity index is 1430. The van der Waals surface area contributed by atoms with Gasteiger partial charge in [0.1, 0.15) is 0 Å². The Labute approximate surface area is 228 Å². The number of benzene rings is 3. The van der Waals surface area contributed by atoms with Crippen molar-refractivity contribution in [3.05, 3.63) is 114 Å². The SMILES string of the molecule is CNC(=O)c1nc(-c2cccc(C(=O)N[C@@H]3CCN(Cc4ccccc4)C3)c2)cnc1NCc1ccccc1. The number of rotatable bonds is 9. The van der Waals surface area contributed by atoms with Crippen LogP contribution in [0.5, 0.6) is 0 Å². The van der Waals surface area contributed by atoms with Crippen LogP contribution in [0.3, 0.4) is 0 Å². The van der Waals surface area contributed by atoms with Gasteiger partial charge < -0.3 is 16.0 Å². The van der Waals surface area contributed by atoms with E-state index in [1.54, 1.807) is 25.4 Å². The van der Waals surface area contributed by atoms with Gasteiger partial charge in [-0.3, -0.25) is 14.5 Å². The van der Waals surface area contributed by atoms with E-state index in [0.29, 0.717) is 29.2 Å². The van der Waals surface area contributed by atoms with Gasteiger partial charge in [0.2, 0.25) is 0 Å². The van der Waals surface area contributed by atoms with Crippen LogP contribution in [-0.2, 0) is 13.1 Å². The van der Waals surface area contributed by atoms with Crippen molar-refractivity contribution in [2.75, 3.05) is 25.5 Å². The molecule has 1 aliphatic heterocycles. The van der Waals surface area contributed by atoms with Crippen LogP contribution in [0.1, 0.15) is 38.4 Å². The quantitative estimate of drug-likeness (QED) is 0.307. The van der Waals surface area contributed by atoms with Gasteiger partial charge in [0.25, 0.3) is 11.8 Å². The molecule has 2 heterocycles. The van der Waals surface area contributed by atoms with Crippen molar-refractivity contribution in [2.24, 2.45) is 0 Å². The molecular weight excluding hydrogens is 488 g/mol. The molecule has 1 atom stereocenters. The van der Waals surface area contributed by atoms with E-state index in [4.69, 9.17) is 0 Å². The van der Waals surface area contributed by atoms with Gasteiger partial charge in [-0.2, -0.15) is 0 Å². The maximum absolute atomic E-state index is 13.1. The number of aromatic nitrogens is 2. The van der Waals surface area contributed by atoms with Crippen LogP contribution in [0.15, 0.2) is 91.1 Å². The first-order valence-electron chi connectivity index (χ1n) is 13.1. The standard InChI is InChI=1S/C31H32N6O2/c1-32-31(39)28-29(33-18-22-9-4-2-5-10-22)34-19-27(36-28)24-13-8-14-25(17-24)30(38)35-26-15-16-37(21-26)20-23-11-6-3-7-12-23/h2-14,17,19,26H,15-16,18,20-21H2,1H3,(H,32,39)(H,33,34)(H,35,38)/t26-/m1/s1. The predicted octanol–water partition coefficient (Wildman–Crippen LogP) is 4.12. The zero-order valence-electron chi connectivity index (χ0n) is 21.9. The molecule has 1 aromatic heterocycles. The molecule has 0 unspecified atom stereocenters. The first-order valence-corrected chi connectivity index (χ1v) is 13.1. The molecule has 3 N–H and O–H groups in total. The normalized spacial score (nSPS) is 15.1. The van der Waals surface area contributed by atoms with Crippen LogP contribution in [-0.4, -0.2) is 52.9 Å². The lowest BCUT2D eigenvalue weighted by atomic mass is 10.1. The number of likely N-dealkylation sites (tertiary alicyclic amines) is 1. The Balaban J connectivity index is 1.26. The fraction of sp³-hybridized carbons (Fsp3) is 0.226. The number of nitrogens with one attached hydrogen (secondary N) is 3. The lowest BCUT2D eigenvalue weighted by molar-refractivity contribution is 0.0934. The van der Waals surface area contributed by atoms with Crippen LogP contribution in [0.25, 0.3) is 11.3 Å². The third-order valence-electron chi connectivity index (χ3n) is 6.79. The highest BCUT2D eigenvalue weighted by Gasteiger charge is 2.24. The topological polar surface area (TPSA) is 99.2 Å². The van der Waals surface area contributed by atoms with Crippen LogP contribution in [0.2, 0.25) is 0 Å². The second-order valence-corrected chi connectivity index (χ2v) is 9.63. The Kier molecular flexibility index (Phi) is 8.23. The highest BCUT2D eigenvalue weighted by molar-refractivity contribution is 5.97. The monoisotopic (exact) mass is 520 g/mol. The molecule has 1 aliphatic rings. The maximum atomic E-state index is 13.1. The van der Waals surface area contributed by atoms with Gasteiger partial charge in [0.05, 0.1) is 11.9 Å².